The number of benzene rings is 1. The number of pyridine rings is 1. The summed E-state index contributed by atoms with van der Waals surface area (Å²) in [4.78, 5) is 4.29. The van der Waals surface area contributed by atoms with Gasteiger partial charge < -0.3 is 15.6 Å². The molecule has 0 aliphatic heterocycles. The number of rotatable bonds is 4. The van der Waals surface area contributed by atoms with E-state index in [2.05, 4.69) is 15.2 Å². The van der Waals surface area contributed by atoms with Gasteiger partial charge in [-0.2, -0.15) is 5.10 Å². The fourth-order valence-corrected chi connectivity index (χ4v) is 2.27. The number of aliphatic hydroxyl groups excluding tert-OH is 1. The number of ether oxygens (including phenoxy) is 1. The second kappa shape index (κ2) is 5.75. The highest BCUT2D eigenvalue weighted by Crippen LogP contribution is 2.28. The Morgan fingerprint density at radius 1 is 1.23 bits per heavy atom. The van der Waals surface area contributed by atoms with Gasteiger partial charge in [-0.05, 0) is 37.6 Å². The molecule has 114 valence electrons. The SMILES string of the molecule is CC(C)Oc1ccc(-c2n[nH]c3ccc(C(N)O)cc23)cn1. The van der Waals surface area contributed by atoms with Crippen molar-refractivity contribution in [1.29, 1.82) is 0 Å². The lowest BCUT2D eigenvalue weighted by Crippen LogP contribution is -2.07. The van der Waals surface area contributed by atoms with Crippen LogP contribution in [-0.4, -0.2) is 26.4 Å². The third kappa shape index (κ3) is 2.79. The molecule has 0 radical (unpaired) electrons. The lowest BCUT2D eigenvalue weighted by molar-refractivity contribution is 0.186. The highest BCUT2D eigenvalue weighted by atomic mass is 16.5. The number of nitrogens with two attached hydrogens (primary N) is 1. The largest absolute Gasteiger partial charge is 0.475 e. The topological polar surface area (TPSA) is 97.0 Å². The van der Waals surface area contributed by atoms with Gasteiger partial charge in [-0.25, -0.2) is 4.98 Å². The fourth-order valence-electron chi connectivity index (χ4n) is 2.27. The van der Waals surface area contributed by atoms with E-state index in [-0.39, 0.29) is 6.10 Å². The maximum absolute atomic E-state index is 9.52. The van der Waals surface area contributed by atoms with Gasteiger partial charge in [0.1, 0.15) is 11.9 Å². The van der Waals surface area contributed by atoms with E-state index in [1.807, 2.05) is 38.1 Å². The second-order valence-corrected chi connectivity index (χ2v) is 5.37. The van der Waals surface area contributed by atoms with Crippen molar-refractivity contribution in [3.63, 3.8) is 0 Å². The molecule has 2 aromatic heterocycles. The minimum atomic E-state index is -1.01. The molecule has 6 heteroatoms. The fraction of sp³-hybridized carbons (Fsp3) is 0.250. The van der Waals surface area contributed by atoms with E-state index in [1.165, 1.54) is 0 Å². The molecule has 0 spiro atoms. The maximum atomic E-state index is 9.52. The Hall–Kier alpha value is -2.44. The van der Waals surface area contributed by atoms with Crippen LogP contribution in [0.4, 0.5) is 0 Å². The first-order valence-corrected chi connectivity index (χ1v) is 7.09. The predicted octanol–water partition coefficient (Wildman–Crippen LogP) is 2.36. The molecule has 0 fully saturated rings. The number of nitrogens with one attached hydrogen (secondary N) is 1. The van der Waals surface area contributed by atoms with Gasteiger partial charge in [0.05, 0.1) is 11.6 Å². The molecule has 0 saturated heterocycles. The van der Waals surface area contributed by atoms with Crippen molar-refractivity contribution in [2.24, 2.45) is 5.73 Å². The highest BCUT2D eigenvalue weighted by Gasteiger charge is 2.11. The third-order valence-electron chi connectivity index (χ3n) is 3.29. The second-order valence-electron chi connectivity index (χ2n) is 5.37. The van der Waals surface area contributed by atoms with Crippen LogP contribution in [-0.2, 0) is 0 Å². The smallest absolute Gasteiger partial charge is 0.213 e. The number of H-pyrrole nitrogens is 1. The molecule has 0 saturated carbocycles. The normalized spacial score (nSPS) is 12.8. The van der Waals surface area contributed by atoms with Crippen LogP contribution in [0.25, 0.3) is 22.2 Å². The van der Waals surface area contributed by atoms with E-state index in [9.17, 15) is 5.11 Å². The first kappa shape index (κ1) is 14.5. The Balaban J connectivity index is 2.00. The van der Waals surface area contributed by atoms with Gasteiger partial charge in [0.15, 0.2) is 0 Å². The van der Waals surface area contributed by atoms with Crippen molar-refractivity contribution in [3.8, 4) is 17.1 Å². The summed E-state index contributed by atoms with van der Waals surface area (Å²) in [5.74, 6) is 0.580. The molecule has 1 atom stereocenters. The number of nitrogens with zero attached hydrogens (tertiary/aromatic N) is 2. The van der Waals surface area contributed by atoms with Crippen LogP contribution in [0.1, 0.15) is 25.6 Å². The van der Waals surface area contributed by atoms with Crippen molar-refractivity contribution in [3.05, 3.63) is 42.1 Å². The predicted molar refractivity (Wildman–Crippen MR) is 84.2 cm³/mol. The standard InChI is InChI=1S/C16H18N4O2/c1-9(2)22-14-6-4-11(8-18-14)15-12-7-10(16(17)21)3-5-13(12)19-20-15/h3-9,16,21H,17H2,1-2H3,(H,19,20). The van der Waals surface area contributed by atoms with Crippen LogP contribution in [0.2, 0.25) is 0 Å². The minimum Gasteiger partial charge on any atom is -0.475 e. The molecule has 0 bridgehead atoms. The van der Waals surface area contributed by atoms with Gasteiger partial charge in [0, 0.05) is 23.2 Å². The van der Waals surface area contributed by atoms with Gasteiger partial charge in [0.25, 0.3) is 0 Å². The molecule has 3 rings (SSSR count). The average Bonchev–Trinajstić information content (AvgIpc) is 2.90. The van der Waals surface area contributed by atoms with Crippen LogP contribution in [0.15, 0.2) is 36.5 Å². The van der Waals surface area contributed by atoms with Crippen LogP contribution in [0, 0.1) is 0 Å². The molecule has 0 aliphatic carbocycles. The molecule has 22 heavy (non-hydrogen) atoms. The van der Waals surface area contributed by atoms with Crippen molar-refractivity contribution < 1.29 is 9.84 Å². The quantitative estimate of drug-likeness (QED) is 0.642. The first-order valence-electron chi connectivity index (χ1n) is 7.09. The highest BCUT2D eigenvalue weighted by molar-refractivity contribution is 5.93. The summed E-state index contributed by atoms with van der Waals surface area (Å²) >= 11 is 0. The summed E-state index contributed by atoms with van der Waals surface area (Å²) < 4.78 is 5.54. The molecule has 0 amide bonds. The Labute approximate surface area is 127 Å². The lowest BCUT2D eigenvalue weighted by Gasteiger charge is -2.08. The van der Waals surface area contributed by atoms with Gasteiger partial charge in [-0.15, -0.1) is 0 Å². The van der Waals surface area contributed by atoms with Gasteiger partial charge in [0.2, 0.25) is 5.88 Å². The van der Waals surface area contributed by atoms with Crippen molar-refractivity contribution >= 4 is 10.9 Å². The summed E-state index contributed by atoms with van der Waals surface area (Å²) in [7, 11) is 0. The number of fused-ring (bicyclic) bond motifs is 1. The van der Waals surface area contributed by atoms with Crippen LogP contribution in [0.3, 0.4) is 0 Å². The maximum Gasteiger partial charge on any atom is 0.213 e. The van der Waals surface area contributed by atoms with Crippen LogP contribution >= 0.6 is 0 Å². The molecule has 1 unspecified atom stereocenters. The molecular formula is C16H18N4O2. The molecular weight excluding hydrogens is 280 g/mol. The molecule has 4 N–H and O–H groups in total. The monoisotopic (exact) mass is 298 g/mol. The van der Waals surface area contributed by atoms with E-state index >= 15 is 0 Å². The Kier molecular flexibility index (Phi) is 3.79. The zero-order valence-corrected chi connectivity index (χ0v) is 12.4. The number of hydrogen-bond acceptors (Lipinski definition) is 5. The van der Waals surface area contributed by atoms with E-state index in [4.69, 9.17) is 10.5 Å². The van der Waals surface area contributed by atoms with Crippen molar-refractivity contribution in [2.75, 3.05) is 0 Å². The number of aromatic nitrogens is 3. The lowest BCUT2D eigenvalue weighted by atomic mass is 10.1. The van der Waals surface area contributed by atoms with Crippen LogP contribution < -0.4 is 10.5 Å². The Morgan fingerprint density at radius 2 is 2.05 bits per heavy atom. The number of aliphatic hydroxyl groups is 1. The Morgan fingerprint density at radius 3 is 2.68 bits per heavy atom. The zero-order valence-electron chi connectivity index (χ0n) is 12.4. The summed E-state index contributed by atoms with van der Waals surface area (Å²) in [6.45, 7) is 3.91. The summed E-state index contributed by atoms with van der Waals surface area (Å²) in [6, 6.07) is 9.18. The first-order chi connectivity index (χ1) is 10.5. The van der Waals surface area contributed by atoms with E-state index in [0.29, 0.717) is 11.4 Å². The van der Waals surface area contributed by atoms with E-state index in [1.54, 1.807) is 12.3 Å². The summed E-state index contributed by atoms with van der Waals surface area (Å²) in [6.07, 6.45) is 0.795. The summed E-state index contributed by atoms with van der Waals surface area (Å²) in [5, 5.41) is 17.7. The van der Waals surface area contributed by atoms with E-state index in [0.717, 1.165) is 22.2 Å². The Bertz CT molecular complexity index is 778. The third-order valence-corrected chi connectivity index (χ3v) is 3.29. The molecule has 2 heterocycles. The van der Waals surface area contributed by atoms with Crippen LogP contribution in [0.5, 0.6) is 5.88 Å². The summed E-state index contributed by atoms with van der Waals surface area (Å²) in [5.41, 5.74) is 8.67. The number of hydrogen-bond donors (Lipinski definition) is 3. The zero-order chi connectivity index (χ0) is 15.7. The number of aromatic amines is 1. The average molecular weight is 298 g/mol. The molecule has 0 aliphatic rings. The van der Waals surface area contributed by atoms with E-state index < -0.39 is 6.23 Å². The van der Waals surface area contributed by atoms with Crippen molar-refractivity contribution in [2.45, 2.75) is 26.2 Å². The molecule has 3 aromatic rings. The van der Waals surface area contributed by atoms with Gasteiger partial charge >= 0.3 is 0 Å². The van der Waals surface area contributed by atoms with Crippen molar-refractivity contribution in [1.82, 2.24) is 15.2 Å². The van der Waals surface area contributed by atoms with Gasteiger partial charge in [-0.3, -0.25) is 5.10 Å². The molecule has 1 aromatic carbocycles. The minimum absolute atomic E-state index is 0.0816. The molecule has 6 nitrogen and oxygen atoms in total. The van der Waals surface area contributed by atoms with Gasteiger partial charge in [-0.1, -0.05) is 6.07 Å².